The highest BCUT2D eigenvalue weighted by Gasteiger charge is 2.47. The van der Waals surface area contributed by atoms with E-state index >= 15 is 0 Å². The molecule has 0 aliphatic carbocycles. The standard InChI is InChI=1S/C15H25O4P/c1-5-15(6-2,20(17,18)19)11-14(3,4)12-7-9-13(16)10-8-12/h7-10,16H,5-6,11H2,1-4H3,(H2,17,18,19). The normalized spacial score (nSPS) is 13.5. The molecule has 20 heavy (non-hydrogen) atoms. The van der Waals surface area contributed by atoms with Crippen molar-refractivity contribution in [3.05, 3.63) is 29.8 Å². The Balaban J connectivity index is 3.15. The lowest BCUT2D eigenvalue weighted by molar-refractivity contribution is 0.274. The summed E-state index contributed by atoms with van der Waals surface area (Å²) >= 11 is 0. The highest BCUT2D eigenvalue weighted by molar-refractivity contribution is 7.53. The van der Waals surface area contributed by atoms with E-state index in [1.54, 1.807) is 12.1 Å². The van der Waals surface area contributed by atoms with Gasteiger partial charge in [-0.05, 0) is 42.4 Å². The molecule has 0 aromatic heterocycles. The number of aromatic hydroxyl groups is 1. The van der Waals surface area contributed by atoms with Crippen molar-refractivity contribution in [2.45, 2.75) is 57.5 Å². The molecule has 0 bridgehead atoms. The Labute approximate surface area is 121 Å². The summed E-state index contributed by atoms with van der Waals surface area (Å²) in [5.74, 6) is 0.191. The van der Waals surface area contributed by atoms with E-state index in [4.69, 9.17) is 0 Å². The predicted molar refractivity (Wildman–Crippen MR) is 81.1 cm³/mol. The predicted octanol–water partition coefficient (Wildman–Crippen LogP) is 3.80. The zero-order valence-corrected chi connectivity index (χ0v) is 13.5. The van der Waals surface area contributed by atoms with Gasteiger partial charge in [0.05, 0.1) is 5.16 Å². The van der Waals surface area contributed by atoms with Crippen molar-refractivity contribution in [3.8, 4) is 5.75 Å². The molecule has 0 saturated carbocycles. The molecule has 0 fully saturated rings. The van der Waals surface area contributed by atoms with Gasteiger partial charge in [0.15, 0.2) is 0 Å². The van der Waals surface area contributed by atoms with Gasteiger partial charge in [0, 0.05) is 0 Å². The van der Waals surface area contributed by atoms with Gasteiger partial charge in [-0.2, -0.15) is 0 Å². The fourth-order valence-corrected chi connectivity index (χ4v) is 4.28. The maximum Gasteiger partial charge on any atom is 0.331 e. The molecular formula is C15H25O4P. The van der Waals surface area contributed by atoms with Gasteiger partial charge in [-0.25, -0.2) is 0 Å². The van der Waals surface area contributed by atoms with Crippen LogP contribution in [0.3, 0.4) is 0 Å². The lowest BCUT2D eigenvalue weighted by Crippen LogP contribution is -2.35. The number of phenols is 1. The van der Waals surface area contributed by atoms with E-state index in [-0.39, 0.29) is 11.2 Å². The minimum atomic E-state index is -4.18. The van der Waals surface area contributed by atoms with Gasteiger partial charge in [-0.1, -0.05) is 39.8 Å². The molecule has 1 aromatic carbocycles. The van der Waals surface area contributed by atoms with Crippen LogP contribution in [0.25, 0.3) is 0 Å². The first-order valence-electron chi connectivity index (χ1n) is 6.93. The first-order chi connectivity index (χ1) is 9.08. The van der Waals surface area contributed by atoms with Gasteiger partial charge < -0.3 is 14.9 Å². The first kappa shape index (κ1) is 17.2. The number of hydrogen-bond donors (Lipinski definition) is 3. The first-order valence-corrected chi connectivity index (χ1v) is 8.54. The smallest absolute Gasteiger partial charge is 0.331 e. The van der Waals surface area contributed by atoms with Crippen LogP contribution < -0.4 is 0 Å². The number of benzene rings is 1. The highest BCUT2D eigenvalue weighted by atomic mass is 31.2. The fraction of sp³-hybridized carbons (Fsp3) is 0.600. The minimum absolute atomic E-state index is 0.191. The van der Waals surface area contributed by atoms with E-state index in [9.17, 15) is 19.5 Å². The number of rotatable bonds is 6. The van der Waals surface area contributed by atoms with Crippen molar-refractivity contribution in [1.29, 1.82) is 0 Å². The van der Waals surface area contributed by atoms with E-state index < -0.39 is 12.8 Å². The van der Waals surface area contributed by atoms with Crippen LogP contribution in [0, 0.1) is 0 Å². The van der Waals surface area contributed by atoms with Gasteiger partial charge in [0.2, 0.25) is 0 Å². The molecule has 114 valence electrons. The van der Waals surface area contributed by atoms with Gasteiger partial charge in [0.25, 0.3) is 0 Å². The molecule has 4 nitrogen and oxygen atoms in total. The molecular weight excluding hydrogens is 275 g/mol. The van der Waals surface area contributed by atoms with Crippen molar-refractivity contribution in [2.24, 2.45) is 0 Å². The summed E-state index contributed by atoms with van der Waals surface area (Å²) in [7, 11) is -4.18. The molecule has 0 saturated heterocycles. The third-order valence-corrected chi connectivity index (χ3v) is 6.38. The van der Waals surface area contributed by atoms with Crippen LogP contribution in [0.5, 0.6) is 5.75 Å². The van der Waals surface area contributed by atoms with Crippen LogP contribution in [0.2, 0.25) is 0 Å². The molecule has 1 aromatic rings. The second-order valence-electron chi connectivity index (χ2n) is 6.08. The van der Waals surface area contributed by atoms with E-state index in [1.165, 1.54) is 0 Å². The molecule has 0 aliphatic heterocycles. The monoisotopic (exact) mass is 300 g/mol. The lowest BCUT2D eigenvalue weighted by atomic mass is 9.75. The van der Waals surface area contributed by atoms with Crippen LogP contribution in [0.15, 0.2) is 24.3 Å². The quantitative estimate of drug-likeness (QED) is 0.698. The second-order valence-corrected chi connectivity index (χ2v) is 8.12. The highest BCUT2D eigenvalue weighted by Crippen LogP contribution is 2.59. The Morgan fingerprint density at radius 2 is 1.50 bits per heavy atom. The van der Waals surface area contributed by atoms with Crippen LogP contribution >= 0.6 is 7.60 Å². The molecule has 1 rings (SSSR count). The van der Waals surface area contributed by atoms with Crippen molar-refractivity contribution in [1.82, 2.24) is 0 Å². The Bertz CT molecular complexity index is 483. The summed E-state index contributed by atoms with van der Waals surface area (Å²) in [6, 6.07) is 6.83. The molecule has 0 radical (unpaired) electrons. The van der Waals surface area contributed by atoms with E-state index in [1.807, 2.05) is 39.8 Å². The molecule has 0 amide bonds. The topological polar surface area (TPSA) is 77.8 Å². The van der Waals surface area contributed by atoms with Gasteiger partial charge in [-0.3, -0.25) is 4.57 Å². The minimum Gasteiger partial charge on any atom is -0.508 e. The van der Waals surface area contributed by atoms with Crippen molar-refractivity contribution in [3.63, 3.8) is 0 Å². The summed E-state index contributed by atoms with van der Waals surface area (Å²) in [5.41, 5.74) is 0.593. The van der Waals surface area contributed by atoms with Crippen LogP contribution in [0.1, 0.15) is 52.5 Å². The van der Waals surface area contributed by atoms with E-state index in [2.05, 4.69) is 0 Å². The van der Waals surface area contributed by atoms with Gasteiger partial charge in [0.1, 0.15) is 5.75 Å². The largest absolute Gasteiger partial charge is 0.508 e. The number of phenolic OH excluding ortho intramolecular Hbond substituents is 1. The second kappa shape index (κ2) is 5.88. The zero-order chi connectivity index (χ0) is 15.6. The molecule has 0 unspecified atom stereocenters. The Morgan fingerprint density at radius 1 is 1.05 bits per heavy atom. The summed E-state index contributed by atoms with van der Waals surface area (Å²) in [5, 5.41) is 8.36. The van der Waals surface area contributed by atoms with E-state index in [0.29, 0.717) is 19.3 Å². The molecule has 0 spiro atoms. The Morgan fingerprint density at radius 3 is 1.85 bits per heavy atom. The molecule has 0 aliphatic rings. The van der Waals surface area contributed by atoms with Crippen molar-refractivity contribution < 1.29 is 19.5 Å². The Kier molecular flexibility index (Phi) is 5.07. The maximum atomic E-state index is 11.9. The maximum absolute atomic E-state index is 11.9. The summed E-state index contributed by atoms with van der Waals surface area (Å²) in [4.78, 5) is 19.5. The molecule has 0 atom stereocenters. The zero-order valence-electron chi connectivity index (χ0n) is 12.6. The lowest BCUT2D eigenvalue weighted by Gasteiger charge is -2.39. The number of hydrogen-bond acceptors (Lipinski definition) is 2. The molecule has 3 N–H and O–H groups in total. The molecule has 5 heteroatoms. The van der Waals surface area contributed by atoms with Gasteiger partial charge >= 0.3 is 7.60 Å². The SMILES string of the molecule is CCC(CC)(CC(C)(C)c1ccc(O)cc1)P(=O)(O)O. The van der Waals surface area contributed by atoms with Crippen LogP contribution in [-0.4, -0.2) is 20.0 Å². The van der Waals surface area contributed by atoms with E-state index in [0.717, 1.165) is 5.56 Å². The third-order valence-electron chi connectivity index (χ3n) is 4.35. The fourth-order valence-electron chi connectivity index (χ4n) is 2.85. The van der Waals surface area contributed by atoms with Crippen LogP contribution in [0.4, 0.5) is 0 Å². The average Bonchev–Trinajstić information content (AvgIpc) is 2.35. The summed E-state index contributed by atoms with van der Waals surface area (Å²) in [6.45, 7) is 7.62. The Hall–Kier alpha value is -0.830. The summed E-state index contributed by atoms with van der Waals surface area (Å²) in [6.07, 6.45) is 1.28. The average molecular weight is 300 g/mol. The van der Waals surface area contributed by atoms with Crippen molar-refractivity contribution >= 4 is 7.60 Å². The van der Waals surface area contributed by atoms with Crippen LogP contribution in [-0.2, 0) is 9.98 Å². The van der Waals surface area contributed by atoms with Crippen molar-refractivity contribution in [2.75, 3.05) is 0 Å². The summed E-state index contributed by atoms with van der Waals surface area (Å²) < 4.78 is 11.9. The molecule has 0 heterocycles. The third kappa shape index (κ3) is 3.43. The van der Waals surface area contributed by atoms with Gasteiger partial charge in [-0.15, -0.1) is 0 Å².